The number of nitrogens with one attached hydrogen (secondary N) is 1. The van der Waals surface area contributed by atoms with Crippen LogP contribution in [0.25, 0.3) is 5.69 Å². The topological polar surface area (TPSA) is 97.2 Å². The number of pyridine rings is 1. The second-order valence-corrected chi connectivity index (χ2v) is 7.66. The van der Waals surface area contributed by atoms with Crippen molar-refractivity contribution in [3.63, 3.8) is 0 Å². The standard InChI is InChI=1S/C22H20ClN5O3/c23-16-6-8-19(24-14-16)25-21(30)15-10-12-27(13-11-15)22(31)18-7-9-20(29)28(26-18)17-4-2-1-3-5-17/h1-9,14-15H,10-13H2,(H,24,25,30). The Bertz CT molecular complexity index is 1140. The predicted octanol–water partition coefficient (Wildman–Crippen LogP) is 2.77. The van der Waals surface area contributed by atoms with Crippen LogP contribution in [0.5, 0.6) is 0 Å². The van der Waals surface area contributed by atoms with E-state index in [9.17, 15) is 14.4 Å². The molecule has 0 unspecified atom stereocenters. The van der Waals surface area contributed by atoms with Gasteiger partial charge in [0, 0.05) is 31.3 Å². The van der Waals surface area contributed by atoms with E-state index in [-0.39, 0.29) is 29.0 Å². The molecule has 2 amide bonds. The number of para-hydroxylation sites is 1. The van der Waals surface area contributed by atoms with Crippen LogP contribution in [0.1, 0.15) is 23.3 Å². The molecular formula is C22H20ClN5O3. The van der Waals surface area contributed by atoms with E-state index in [0.717, 1.165) is 0 Å². The average Bonchev–Trinajstić information content (AvgIpc) is 2.81. The molecule has 0 radical (unpaired) electrons. The minimum absolute atomic E-state index is 0.127. The number of amides is 2. The van der Waals surface area contributed by atoms with E-state index in [2.05, 4.69) is 15.4 Å². The maximum atomic E-state index is 12.9. The molecule has 0 atom stereocenters. The van der Waals surface area contributed by atoms with E-state index >= 15 is 0 Å². The SMILES string of the molecule is O=C(Nc1ccc(Cl)cn1)C1CCN(C(=O)c2ccc(=O)n(-c3ccccc3)n2)CC1. The highest BCUT2D eigenvalue weighted by Gasteiger charge is 2.29. The first-order chi connectivity index (χ1) is 15.0. The van der Waals surface area contributed by atoms with Gasteiger partial charge in [-0.25, -0.2) is 4.98 Å². The van der Waals surface area contributed by atoms with Crippen LogP contribution in [0.3, 0.4) is 0 Å². The van der Waals surface area contributed by atoms with Gasteiger partial charge >= 0.3 is 0 Å². The molecule has 0 spiro atoms. The van der Waals surface area contributed by atoms with Crippen molar-refractivity contribution in [2.45, 2.75) is 12.8 Å². The van der Waals surface area contributed by atoms with Crippen LogP contribution < -0.4 is 10.9 Å². The predicted molar refractivity (Wildman–Crippen MR) is 116 cm³/mol. The van der Waals surface area contributed by atoms with Gasteiger partial charge in [-0.15, -0.1) is 0 Å². The van der Waals surface area contributed by atoms with Gasteiger partial charge in [-0.1, -0.05) is 29.8 Å². The molecule has 0 saturated carbocycles. The van der Waals surface area contributed by atoms with Gasteiger partial charge in [0.1, 0.15) is 11.5 Å². The summed E-state index contributed by atoms with van der Waals surface area (Å²) < 4.78 is 1.21. The fourth-order valence-corrected chi connectivity index (χ4v) is 3.58. The van der Waals surface area contributed by atoms with E-state index in [1.54, 1.807) is 41.3 Å². The lowest BCUT2D eigenvalue weighted by Gasteiger charge is -2.31. The first-order valence-corrected chi connectivity index (χ1v) is 10.3. The molecule has 2 aromatic heterocycles. The van der Waals surface area contributed by atoms with E-state index < -0.39 is 0 Å². The first-order valence-electron chi connectivity index (χ1n) is 9.89. The average molecular weight is 438 g/mol. The van der Waals surface area contributed by atoms with Gasteiger partial charge in [0.15, 0.2) is 0 Å². The molecule has 3 aromatic rings. The summed E-state index contributed by atoms with van der Waals surface area (Å²) in [5, 5.41) is 7.53. The first kappa shape index (κ1) is 20.7. The molecule has 3 heterocycles. The fourth-order valence-electron chi connectivity index (χ4n) is 3.46. The minimum atomic E-state index is -0.311. The molecule has 1 N–H and O–H groups in total. The maximum Gasteiger partial charge on any atom is 0.274 e. The van der Waals surface area contributed by atoms with Crippen molar-refractivity contribution in [3.8, 4) is 5.69 Å². The van der Waals surface area contributed by atoms with Gasteiger partial charge < -0.3 is 10.2 Å². The highest BCUT2D eigenvalue weighted by Crippen LogP contribution is 2.20. The van der Waals surface area contributed by atoms with Crippen molar-refractivity contribution in [1.29, 1.82) is 0 Å². The number of carbonyl (C=O) groups is 2. The van der Waals surface area contributed by atoms with Crippen molar-refractivity contribution >= 4 is 29.2 Å². The van der Waals surface area contributed by atoms with Gasteiger partial charge in [-0.3, -0.25) is 14.4 Å². The molecule has 1 saturated heterocycles. The van der Waals surface area contributed by atoms with Crippen LogP contribution >= 0.6 is 11.6 Å². The smallest absolute Gasteiger partial charge is 0.274 e. The Morgan fingerprint density at radius 3 is 2.42 bits per heavy atom. The zero-order valence-corrected chi connectivity index (χ0v) is 17.3. The lowest BCUT2D eigenvalue weighted by atomic mass is 9.95. The molecule has 1 fully saturated rings. The largest absolute Gasteiger partial charge is 0.337 e. The van der Waals surface area contributed by atoms with Gasteiger partial charge in [0.2, 0.25) is 5.91 Å². The van der Waals surface area contributed by atoms with Crippen molar-refractivity contribution in [3.05, 3.63) is 81.9 Å². The highest BCUT2D eigenvalue weighted by molar-refractivity contribution is 6.30. The summed E-state index contributed by atoms with van der Waals surface area (Å²) in [4.78, 5) is 43.3. The molecule has 31 heavy (non-hydrogen) atoms. The summed E-state index contributed by atoms with van der Waals surface area (Å²) in [7, 11) is 0. The van der Waals surface area contributed by atoms with E-state index in [4.69, 9.17) is 11.6 Å². The number of likely N-dealkylation sites (tertiary alicyclic amines) is 1. The molecule has 0 bridgehead atoms. The van der Waals surface area contributed by atoms with E-state index in [0.29, 0.717) is 42.5 Å². The number of carbonyl (C=O) groups excluding carboxylic acids is 2. The number of piperidine rings is 1. The molecule has 1 aromatic carbocycles. The molecular weight excluding hydrogens is 418 g/mol. The van der Waals surface area contributed by atoms with Crippen LogP contribution in [0.2, 0.25) is 5.02 Å². The number of aromatic nitrogens is 3. The molecule has 0 aliphatic carbocycles. The zero-order valence-electron chi connectivity index (χ0n) is 16.6. The van der Waals surface area contributed by atoms with Crippen LogP contribution in [0.15, 0.2) is 65.6 Å². The third kappa shape index (κ3) is 4.80. The summed E-state index contributed by atoms with van der Waals surface area (Å²) in [6, 6.07) is 15.0. The van der Waals surface area contributed by atoms with Crippen LogP contribution in [0.4, 0.5) is 5.82 Å². The molecule has 1 aliphatic heterocycles. The van der Waals surface area contributed by atoms with Crippen molar-refractivity contribution in [2.24, 2.45) is 5.92 Å². The van der Waals surface area contributed by atoms with Crippen molar-refractivity contribution in [2.75, 3.05) is 18.4 Å². The molecule has 1 aliphatic rings. The van der Waals surface area contributed by atoms with Gasteiger partial charge in [0.25, 0.3) is 11.5 Å². The monoisotopic (exact) mass is 437 g/mol. The number of rotatable bonds is 4. The van der Waals surface area contributed by atoms with Crippen molar-refractivity contribution < 1.29 is 9.59 Å². The number of nitrogens with zero attached hydrogens (tertiary/aromatic N) is 4. The molecule has 158 valence electrons. The summed E-state index contributed by atoms with van der Waals surface area (Å²) >= 11 is 5.81. The second kappa shape index (κ2) is 9.09. The Hall–Kier alpha value is -3.52. The summed E-state index contributed by atoms with van der Waals surface area (Å²) in [5.41, 5.74) is 0.471. The van der Waals surface area contributed by atoms with Crippen LogP contribution in [-0.2, 0) is 4.79 Å². The quantitative estimate of drug-likeness (QED) is 0.676. The number of anilines is 1. The number of hydrogen-bond donors (Lipinski definition) is 1. The maximum absolute atomic E-state index is 12.9. The van der Waals surface area contributed by atoms with Crippen molar-refractivity contribution in [1.82, 2.24) is 19.7 Å². The third-order valence-corrected chi connectivity index (χ3v) is 5.38. The molecule has 4 rings (SSSR count). The number of hydrogen-bond acceptors (Lipinski definition) is 5. The lowest BCUT2D eigenvalue weighted by Crippen LogP contribution is -2.42. The number of benzene rings is 1. The van der Waals surface area contributed by atoms with Gasteiger partial charge in [0.05, 0.1) is 10.7 Å². The Balaban J connectivity index is 1.40. The normalized spacial score (nSPS) is 14.3. The zero-order chi connectivity index (χ0) is 21.8. The fraction of sp³-hybridized carbons (Fsp3) is 0.227. The minimum Gasteiger partial charge on any atom is -0.337 e. The van der Waals surface area contributed by atoms with Crippen LogP contribution in [0, 0.1) is 5.92 Å². The van der Waals surface area contributed by atoms with E-state index in [1.165, 1.54) is 23.0 Å². The summed E-state index contributed by atoms with van der Waals surface area (Å²) in [5.74, 6) is -0.159. The Kier molecular flexibility index (Phi) is 6.08. The molecule has 9 heteroatoms. The van der Waals surface area contributed by atoms with E-state index in [1.807, 2.05) is 6.07 Å². The Morgan fingerprint density at radius 1 is 1.00 bits per heavy atom. The third-order valence-electron chi connectivity index (χ3n) is 5.15. The van der Waals surface area contributed by atoms with Crippen LogP contribution in [-0.4, -0.2) is 44.6 Å². The number of halogens is 1. The summed E-state index contributed by atoms with van der Waals surface area (Å²) in [6.45, 7) is 0.855. The highest BCUT2D eigenvalue weighted by atomic mass is 35.5. The Morgan fingerprint density at radius 2 is 1.74 bits per heavy atom. The van der Waals surface area contributed by atoms with Gasteiger partial charge in [-0.05, 0) is 43.2 Å². The summed E-state index contributed by atoms with van der Waals surface area (Å²) in [6.07, 6.45) is 2.54. The molecule has 8 nitrogen and oxygen atoms in total. The van der Waals surface area contributed by atoms with Gasteiger partial charge in [-0.2, -0.15) is 9.78 Å². The second-order valence-electron chi connectivity index (χ2n) is 7.22. The Labute approximate surface area is 183 Å². The lowest BCUT2D eigenvalue weighted by molar-refractivity contribution is -0.121.